The SMILES string of the molecule is CCOc1ccc(NC(=O)NC(=O)CSC2CCCC2)cc1OCC. The molecule has 1 aromatic rings. The molecule has 0 heterocycles. The molecule has 2 rings (SSSR count). The molecule has 0 spiro atoms. The minimum Gasteiger partial charge on any atom is -0.490 e. The highest BCUT2D eigenvalue weighted by Gasteiger charge is 2.17. The minimum atomic E-state index is -0.538. The van der Waals surface area contributed by atoms with Gasteiger partial charge in [-0.05, 0) is 38.8 Å². The zero-order valence-electron chi connectivity index (χ0n) is 14.8. The quantitative estimate of drug-likeness (QED) is 0.732. The van der Waals surface area contributed by atoms with Crippen LogP contribution in [0.25, 0.3) is 0 Å². The van der Waals surface area contributed by atoms with E-state index in [0.29, 0.717) is 41.4 Å². The van der Waals surface area contributed by atoms with Crippen LogP contribution in [0.4, 0.5) is 10.5 Å². The van der Waals surface area contributed by atoms with E-state index >= 15 is 0 Å². The molecule has 1 aromatic carbocycles. The Bertz CT molecular complexity index is 588. The van der Waals surface area contributed by atoms with Crippen molar-refractivity contribution in [3.63, 3.8) is 0 Å². The first kappa shape index (κ1) is 19.4. The molecule has 138 valence electrons. The zero-order chi connectivity index (χ0) is 18.1. The molecule has 0 unspecified atom stereocenters. The molecule has 1 aliphatic rings. The van der Waals surface area contributed by atoms with Gasteiger partial charge in [0.2, 0.25) is 5.91 Å². The molecule has 6 nitrogen and oxygen atoms in total. The Morgan fingerprint density at radius 3 is 2.48 bits per heavy atom. The van der Waals surface area contributed by atoms with E-state index in [1.807, 2.05) is 13.8 Å². The molecule has 0 aromatic heterocycles. The maximum absolute atomic E-state index is 12.0. The van der Waals surface area contributed by atoms with E-state index in [0.717, 1.165) is 12.8 Å². The first-order valence-corrected chi connectivity index (χ1v) is 9.79. The van der Waals surface area contributed by atoms with E-state index in [2.05, 4.69) is 10.6 Å². The third-order valence-electron chi connectivity index (χ3n) is 3.81. The maximum Gasteiger partial charge on any atom is 0.325 e. The molecule has 0 saturated heterocycles. The van der Waals surface area contributed by atoms with Crippen molar-refractivity contribution in [2.75, 3.05) is 24.3 Å². The van der Waals surface area contributed by atoms with E-state index in [-0.39, 0.29) is 5.91 Å². The van der Waals surface area contributed by atoms with E-state index in [1.54, 1.807) is 30.0 Å². The lowest BCUT2D eigenvalue weighted by Crippen LogP contribution is -2.35. The normalized spacial score (nSPS) is 14.2. The molecule has 3 amide bonds. The van der Waals surface area contributed by atoms with Crippen LogP contribution in [0, 0.1) is 0 Å². The molecule has 2 N–H and O–H groups in total. The molecular weight excluding hydrogens is 340 g/mol. The first-order chi connectivity index (χ1) is 12.1. The summed E-state index contributed by atoms with van der Waals surface area (Å²) in [4.78, 5) is 23.8. The van der Waals surface area contributed by atoms with Crippen molar-refractivity contribution < 1.29 is 19.1 Å². The van der Waals surface area contributed by atoms with E-state index < -0.39 is 6.03 Å². The van der Waals surface area contributed by atoms with Crippen LogP contribution in [0.3, 0.4) is 0 Å². The van der Waals surface area contributed by atoms with Gasteiger partial charge in [-0.3, -0.25) is 10.1 Å². The van der Waals surface area contributed by atoms with Gasteiger partial charge in [-0.25, -0.2) is 4.79 Å². The fourth-order valence-electron chi connectivity index (χ4n) is 2.70. The van der Waals surface area contributed by atoms with E-state index in [9.17, 15) is 9.59 Å². The van der Waals surface area contributed by atoms with Gasteiger partial charge in [-0.1, -0.05) is 12.8 Å². The molecule has 1 fully saturated rings. The lowest BCUT2D eigenvalue weighted by molar-refractivity contribution is -0.117. The van der Waals surface area contributed by atoms with Crippen LogP contribution in [0.2, 0.25) is 0 Å². The number of anilines is 1. The number of urea groups is 1. The number of ether oxygens (including phenoxy) is 2. The predicted molar refractivity (Wildman–Crippen MR) is 101 cm³/mol. The molecule has 0 radical (unpaired) electrons. The van der Waals surface area contributed by atoms with Crippen LogP contribution >= 0.6 is 11.8 Å². The topological polar surface area (TPSA) is 76.7 Å². The zero-order valence-corrected chi connectivity index (χ0v) is 15.6. The number of hydrogen-bond acceptors (Lipinski definition) is 5. The van der Waals surface area contributed by atoms with Crippen molar-refractivity contribution >= 4 is 29.4 Å². The van der Waals surface area contributed by atoms with Crippen molar-refractivity contribution in [2.24, 2.45) is 0 Å². The standard InChI is InChI=1S/C18H26N2O4S/c1-3-23-15-10-9-13(11-16(15)24-4-2)19-18(22)20-17(21)12-25-14-7-5-6-8-14/h9-11,14H,3-8,12H2,1-2H3,(H2,19,20,21,22). The number of amides is 3. The number of imide groups is 1. The van der Waals surface area contributed by atoms with Crippen molar-refractivity contribution in [1.29, 1.82) is 0 Å². The van der Waals surface area contributed by atoms with Crippen molar-refractivity contribution in [3.05, 3.63) is 18.2 Å². The van der Waals surface area contributed by atoms with Gasteiger partial charge < -0.3 is 14.8 Å². The van der Waals surface area contributed by atoms with Gasteiger partial charge >= 0.3 is 6.03 Å². The summed E-state index contributed by atoms with van der Waals surface area (Å²) in [5, 5.41) is 5.56. The van der Waals surface area contributed by atoms with Crippen LogP contribution in [-0.4, -0.2) is 36.2 Å². The van der Waals surface area contributed by atoms with Crippen molar-refractivity contribution in [3.8, 4) is 11.5 Å². The number of hydrogen-bond donors (Lipinski definition) is 2. The monoisotopic (exact) mass is 366 g/mol. The maximum atomic E-state index is 12.0. The summed E-state index contributed by atoms with van der Waals surface area (Å²) in [7, 11) is 0. The third kappa shape index (κ3) is 6.49. The smallest absolute Gasteiger partial charge is 0.325 e. The van der Waals surface area contributed by atoms with Crippen LogP contribution < -0.4 is 20.1 Å². The number of nitrogens with one attached hydrogen (secondary N) is 2. The fourth-order valence-corrected chi connectivity index (χ4v) is 3.83. The summed E-state index contributed by atoms with van der Waals surface area (Å²) in [6.07, 6.45) is 4.80. The fraction of sp³-hybridized carbons (Fsp3) is 0.556. The second kappa shape index (κ2) is 10.2. The summed E-state index contributed by atoms with van der Waals surface area (Å²) in [5.74, 6) is 1.22. The van der Waals surface area contributed by atoms with Gasteiger partial charge in [0.05, 0.1) is 19.0 Å². The van der Waals surface area contributed by atoms with Gasteiger partial charge in [-0.2, -0.15) is 0 Å². The van der Waals surface area contributed by atoms with Crippen LogP contribution in [-0.2, 0) is 4.79 Å². The molecule has 1 saturated carbocycles. The predicted octanol–water partition coefficient (Wildman–Crippen LogP) is 3.81. The van der Waals surface area contributed by atoms with Crippen LogP contribution in [0.15, 0.2) is 18.2 Å². The number of rotatable bonds is 8. The summed E-state index contributed by atoms with van der Waals surface area (Å²) in [6, 6.07) is 4.60. The van der Waals surface area contributed by atoms with Gasteiger partial charge in [-0.15, -0.1) is 11.8 Å². The molecule has 1 aliphatic carbocycles. The third-order valence-corrected chi connectivity index (χ3v) is 5.18. The Balaban J connectivity index is 1.84. The summed E-state index contributed by atoms with van der Waals surface area (Å²) < 4.78 is 11.0. The number of carbonyl (C=O) groups is 2. The molecular formula is C18H26N2O4S. The Kier molecular flexibility index (Phi) is 7.91. The summed E-state index contributed by atoms with van der Waals surface area (Å²) in [5.41, 5.74) is 0.542. The average Bonchev–Trinajstić information content (AvgIpc) is 3.09. The number of benzene rings is 1. The lowest BCUT2D eigenvalue weighted by Gasteiger charge is -2.13. The highest BCUT2D eigenvalue weighted by molar-refractivity contribution is 8.00. The second-order valence-corrected chi connectivity index (χ2v) is 7.04. The highest BCUT2D eigenvalue weighted by atomic mass is 32.2. The minimum absolute atomic E-state index is 0.273. The van der Waals surface area contributed by atoms with Crippen LogP contribution in [0.1, 0.15) is 39.5 Å². The first-order valence-electron chi connectivity index (χ1n) is 8.74. The average molecular weight is 366 g/mol. The second-order valence-electron chi connectivity index (χ2n) is 5.75. The highest BCUT2D eigenvalue weighted by Crippen LogP contribution is 2.31. The Morgan fingerprint density at radius 2 is 1.80 bits per heavy atom. The largest absolute Gasteiger partial charge is 0.490 e. The molecule has 0 bridgehead atoms. The Morgan fingerprint density at radius 1 is 1.12 bits per heavy atom. The van der Waals surface area contributed by atoms with E-state index in [4.69, 9.17) is 9.47 Å². The molecule has 0 atom stereocenters. The van der Waals surface area contributed by atoms with Gasteiger partial charge in [0.15, 0.2) is 11.5 Å². The molecule has 0 aliphatic heterocycles. The molecule has 7 heteroatoms. The number of carbonyl (C=O) groups excluding carboxylic acids is 2. The Labute approximate surface area is 153 Å². The van der Waals surface area contributed by atoms with Gasteiger partial charge in [0.25, 0.3) is 0 Å². The molecule has 25 heavy (non-hydrogen) atoms. The van der Waals surface area contributed by atoms with Crippen molar-refractivity contribution in [2.45, 2.75) is 44.8 Å². The Hall–Kier alpha value is -1.89. The van der Waals surface area contributed by atoms with Gasteiger partial charge in [0.1, 0.15) is 0 Å². The lowest BCUT2D eigenvalue weighted by atomic mass is 10.2. The van der Waals surface area contributed by atoms with Crippen LogP contribution in [0.5, 0.6) is 11.5 Å². The summed E-state index contributed by atoms with van der Waals surface area (Å²) >= 11 is 1.63. The van der Waals surface area contributed by atoms with Gasteiger partial charge in [0, 0.05) is 17.0 Å². The number of thioether (sulfide) groups is 1. The van der Waals surface area contributed by atoms with E-state index in [1.165, 1.54) is 12.8 Å². The summed E-state index contributed by atoms with van der Waals surface area (Å²) in [6.45, 7) is 4.79. The van der Waals surface area contributed by atoms with Crippen molar-refractivity contribution in [1.82, 2.24) is 5.32 Å².